The van der Waals surface area contributed by atoms with Gasteiger partial charge in [0.15, 0.2) is 5.67 Å². The average molecular weight is 505 g/mol. The molecule has 0 bridgehead atoms. The van der Waals surface area contributed by atoms with Crippen molar-refractivity contribution in [2.75, 3.05) is 6.61 Å². The molecule has 0 saturated heterocycles. The fraction of sp³-hybridized carbons (Fsp3) is 0.938. The molecule has 186 valence electrons. The molecule has 0 aliphatic carbocycles. The molecule has 0 aromatic rings. The van der Waals surface area contributed by atoms with Crippen molar-refractivity contribution in [1.29, 1.82) is 0 Å². The summed E-state index contributed by atoms with van der Waals surface area (Å²) >= 11 is 5.46. The van der Waals surface area contributed by atoms with Gasteiger partial charge in [0.2, 0.25) is 0 Å². The average Bonchev–Trinajstić information content (AvgIpc) is 2.45. The Morgan fingerprint density at radius 1 is 0.742 bits per heavy atom. The van der Waals surface area contributed by atoms with E-state index in [0.29, 0.717) is 0 Å². The molecule has 0 saturated carbocycles. The van der Waals surface area contributed by atoms with Gasteiger partial charge in [-0.1, -0.05) is 0 Å². The summed E-state index contributed by atoms with van der Waals surface area (Å²) in [6.07, 6.45) is -19.3. The van der Waals surface area contributed by atoms with Gasteiger partial charge in [-0.2, -0.15) is 35.1 Å². The van der Waals surface area contributed by atoms with Crippen LogP contribution in [-0.2, 0) is 14.3 Å². The van der Waals surface area contributed by atoms with E-state index in [1.165, 1.54) is 0 Å². The summed E-state index contributed by atoms with van der Waals surface area (Å²) < 4.78 is 158. The summed E-state index contributed by atoms with van der Waals surface area (Å²) in [5.74, 6) is -1.65. The second kappa shape index (κ2) is 8.07. The summed E-state index contributed by atoms with van der Waals surface area (Å²) in [7, 11) is 0. The highest BCUT2D eigenvalue weighted by atomic mass is 35.5. The molecule has 0 aliphatic heterocycles. The smallest absolute Gasteiger partial charge is 0.434 e. The number of carbonyl (C=O) groups excluding carboxylic acids is 1. The fourth-order valence-electron chi connectivity index (χ4n) is 2.25. The van der Waals surface area contributed by atoms with E-state index >= 15 is 0 Å². The van der Waals surface area contributed by atoms with Gasteiger partial charge in [0.1, 0.15) is 17.1 Å². The zero-order valence-corrected chi connectivity index (χ0v) is 17.7. The first-order chi connectivity index (χ1) is 13.1. The number of halogens is 12. The van der Waals surface area contributed by atoms with Crippen molar-refractivity contribution in [3.05, 3.63) is 0 Å². The van der Waals surface area contributed by atoms with Crippen molar-refractivity contribution >= 4 is 17.6 Å². The molecule has 0 radical (unpaired) electrons. The lowest BCUT2D eigenvalue weighted by atomic mass is 9.84. The third-order valence-corrected chi connectivity index (χ3v) is 4.44. The van der Waals surface area contributed by atoms with Gasteiger partial charge in [-0.05, 0) is 41.5 Å². The standard InChI is InChI=1S/C16H20ClF11O3/c1-9(2,17)8(29)30-7-12(19,14(21,22)23)11(5,6)31-16(27,28)13(20,10(3,4)18)15(24,25)26/h7H2,1-6H3. The van der Waals surface area contributed by atoms with Crippen molar-refractivity contribution < 1.29 is 62.6 Å². The Hall–Kier alpha value is -1.05. The van der Waals surface area contributed by atoms with Gasteiger partial charge in [0.25, 0.3) is 5.67 Å². The highest BCUT2D eigenvalue weighted by molar-refractivity contribution is 6.33. The highest BCUT2D eigenvalue weighted by Gasteiger charge is 2.82. The maximum Gasteiger partial charge on any atom is 0.434 e. The zero-order valence-electron chi connectivity index (χ0n) is 17.0. The molecule has 0 aromatic carbocycles. The van der Waals surface area contributed by atoms with E-state index in [-0.39, 0.29) is 27.7 Å². The van der Waals surface area contributed by atoms with Crippen LogP contribution < -0.4 is 0 Å². The summed E-state index contributed by atoms with van der Waals surface area (Å²) in [6, 6.07) is 0. The van der Waals surface area contributed by atoms with Crippen LogP contribution in [0.15, 0.2) is 0 Å². The van der Waals surface area contributed by atoms with Gasteiger partial charge < -0.3 is 9.47 Å². The van der Waals surface area contributed by atoms with Crippen molar-refractivity contribution in [3.8, 4) is 0 Å². The van der Waals surface area contributed by atoms with E-state index in [2.05, 4.69) is 9.47 Å². The van der Waals surface area contributed by atoms with Crippen LogP contribution in [0.25, 0.3) is 0 Å². The second-order valence-electron chi connectivity index (χ2n) is 8.11. The van der Waals surface area contributed by atoms with Crippen molar-refractivity contribution in [2.45, 2.75) is 87.5 Å². The molecule has 2 unspecified atom stereocenters. The van der Waals surface area contributed by atoms with Crippen molar-refractivity contribution in [3.63, 3.8) is 0 Å². The Morgan fingerprint density at radius 3 is 1.39 bits per heavy atom. The molecule has 0 heterocycles. The van der Waals surface area contributed by atoms with Crippen LogP contribution in [0.2, 0.25) is 0 Å². The molecule has 3 nitrogen and oxygen atoms in total. The normalized spacial score (nSPS) is 18.9. The molecule has 0 fully saturated rings. The van der Waals surface area contributed by atoms with Crippen LogP contribution in [0.4, 0.5) is 48.3 Å². The van der Waals surface area contributed by atoms with E-state index in [1.807, 2.05) is 0 Å². The minimum Gasteiger partial charge on any atom is -0.460 e. The minimum absolute atomic E-state index is 0.101. The maximum atomic E-state index is 14.9. The molecule has 15 heteroatoms. The SMILES string of the molecule is CC(C)(Cl)C(=O)OCC(F)(C(F)(F)F)C(C)(C)OC(F)(F)C(F)(C(C)(C)F)C(F)(F)F. The largest absolute Gasteiger partial charge is 0.460 e. The number of esters is 1. The molecule has 0 rings (SSSR count). The third kappa shape index (κ3) is 5.48. The van der Waals surface area contributed by atoms with Gasteiger partial charge in [0, 0.05) is 0 Å². The molecule has 2 atom stereocenters. The van der Waals surface area contributed by atoms with Gasteiger partial charge in [-0.15, -0.1) is 11.6 Å². The maximum absolute atomic E-state index is 14.9. The topological polar surface area (TPSA) is 35.5 Å². The number of hydrogen-bond acceptors (Lipinski definition) is 3. The number of ether oxygens (including phenoxy) is 2. The van der Waals surface area contributed by atoms with Crippen LogP contribution >= 0.6 is 11.6 Å². The minimum atomic E-state index is -6.70. The number of rotatable bonds is 8. The lowest BCUT2D eigenvalue weighted by Crippen LogP contribution is -2.70. The zero-order chi connectivity index (χ0) is 25.7. The molecular formula is C16H20ClF11O3. The summed E-state index contributed by atoms with van der Waals surface area (Å²) in [5.41, 5.74) is -19.8. The van der Waals surface area contributed by atoms with Gasteiger partial charge in [-0.3, -0.25) is 4.79 Å². The Labute approximate surface area is 175 Å². The predicted molar refractivity (Wildman–Crippen MR) is 86.0 cm³/mol. The monoisotopic (exact) mass is 504 g/mol. The quantitative estimate of drug-likeness (QED) is 0.223. The van der Waals surface area contributed by atoms with Crippen molar-refractivity contribution in [2.24, 2.45) is 0 Å². The van der Waals surface area contributed by atoms with Crippen LogP contribution in [0.5, 0.6) is 0 Å². The molecule has 0 N–H and O–H groups in total. The predicted octanol–water partition coefficient (Wildman–Crippen LogP) is 6.22. The van der Waals surface area contributed by atoms with E-state index in [4.69, 9.17) is 11.6 Å². The summed E-state index contributed by atoms with van der Waals surface area (Å²) in [6.45, 7) is -1.28. The second-order valence-corrected chi connectivity index (χ2v) is 9.05. The van der Waals surface area contributed by atoms with Crippen LogP contribution in [0, 0.1) is 0 Å². The lowest BCUT2D eigenvalue weighted by molar-refractivity contribution is -0.443. The van der Waals surface area contributed by atoms with E-state index in [1.54, 1.807) is 0 Å². The molecular weight excluding hydrogens is 485 g/mol. The molecule has 0 amide bonds. The van der Waals surface area contributed by atoms with Gasteiger partial charge in [-0.25, -0.2) is 13.2 Å². The summed E-state index contributed by atoms with van der Waals surface area (Å²) in [5, 5.41) is 0. The van der Waals surface area contributed by atoms with E-state index in [9.17, 15) is 53.1 Å². The molecule has 0 aromatic heterocycles. The fourth-order valence-corrected chi connectivity index (χ4v) is 2.31. The third-order valence-electron chi connectivity index (χ3n) is 4.29. The van der Waals surface area contributed by atoms with Crippen LogP contribution in [0.1, 0.15) is 41.5 Å². The number of alkyl halides is 12. The Morgan fingerprint density at radius 2 is 1.13 bits per heavy atom. The first-order valence-corrected chi connectivity index (χ1v) is 8.60. The van der Waals surface area contributed by atoms with E-state index < -0.39 is 58.5 Å². The summed E-state index contributed by atoms with van der Waals surface area (Å²) in [4.78, 5) is 9.54. The first-order valence-electron chi connectivity index (χ1n) is 8.23. The molecule has 0 aliphatic rings. The van der Waals surface area contributed by atoms with Gasteiger partial charge in [0.05, 0.1) is 0 Å². The van der Waals surface area contributed by atoms with Crippen molar-refractivity contribution in [1.82, 2.24) is 0 Å². The lowest BCUT2D eigenvalue weighted by Gasteiger charge is -2.46. The first kappa shape index (κ1) is 29.9. The highest BCUT2D eigenvalue weighted by Crippen LogP contribution is 2.56. The van der Waals surface area contributed by atoms with E-state index in [0.717, 1.165) is 13.8 Å². The van der Waals surface area contributed by atoms with Crippen LogP contribution in [-0.4, -0.2) is 58.5 Å². The number of hydrogen-bond donors (Lipinski definition) is 0. The Bertz CT molecular complexity index is 646. The van der Waals surface area contributed by atoms with Gasteiger partial charge >= 0.3 is 30.1 Å². The molecule has 31 heavy (non-hydrogen) atoms. The Kier molecular flexibility index (Phi) is 7.79. The molecule has 0 spiro atoms. The Balaban J connectivity index is 6.40. The van der Waals surface area contributed by atoms with Crippen LogP contribution in [0.3, 0.4) is 0 Å². The number of carbonyl (C=O) groups is 1.